The minimum atomic E-state index is -0.908. The highest BCUT2D eigenvalue weighted by Crippen LogP contribution is 2.28. The Morgan fingerprint density at radius 2 is 1.85 bits per heavy atom. The third-order valence-corrected chi connectivity index (χ3v) is 6.56. The molecule has 0 saturated carbocycles. The van der Waals surface area contributed by atoms with Crippen molar-refractivity contribution >= 4 is 42.3 Å². The Morgan fingerprint density at radius 1 is 1.10 bits per heavy atom. The molecule has 210 valence electrons. The molecule has 5 amide bonds. The second kappa shape index (κ2) is 12.7. The number of imide groups is 1. The zero-order chi connectivity index (χ0) is 28.8. The molecule has 3 aromatic rings. The topological polar surface area (TPSA) is 120 Å². The van der Waals surface area contributed by atoms with Gasteiger partial charge >= 0.3 is 12.1 Å². The number of ether oxygens (including phenoxy) is 1. The Hall–Kier alpha value is -4.30. The van der Waals surface area contributed by atoms with E-state index in [0.29, 0.717) is 18.7 Å². The predicted molar refractivity (Wildman–Crippen MR) is 146 cm³/mol. The minimum Gasteiger partial charge on any atom is -0.436 e. The first-order valence-corrected chi connectivity index (χ1v) is 12.6. The lowest BCUT2D eigenvalue weighted by Crippen LogP contribution is -2.39. The van der Waals surface area contributed by atoms with E-state index in [1.165, 1.54) is 48.8 Å². The van der Waals surface area contributed by atoms with Gasteiger partial charge in [0, 0.05) is 31.3 Å². The fraction of sp³-hybridized carbons (Fsp3) is 0.269. The van der Waals surface area contributed by atoms with Crippen LogP contribution in [0.25, 0.3) is 0 Å². The highest BCUT2D eigenvalue weighted by Gasteiger charge is 2.27. The van der Waals surface area contributed by atoms with Gasteiger partial charge in [0.15, 0.2) is 11.6 Å². The summed E-state index contributed by atoms with van der Waals surface area (Å²) in [6.07, 6.45) is 1.88. The van der Waals surface area contributed by atoms with Crippen molar-refractivity contribution in [2.75, 3.05) is 36.8 Å². The molecule has 40 heavy (non-hydrogen) atoms. The van der Waals surface area contributed by atoms with E-state index in [9.17, 15) is 23.2 Å². The first-order valence-electron chi connectivity index (χ1n) is 12.2. The van der Waals surface area contributed by atoms with E-state index in [-0.39, 0.29) is 41.6 Å². The van der Waals surface area contributed by atoms with E-state index in [4.69, 9.17) is 4.74 Å². The zero-order valence-corrected chi connectivity index (χ0v) is 22.6. The Labute approximate surface area is 234 Å². The summed E-state index contributed by atoms with van der Waals surface area (Å²) in [6, 6.07) is 9.28. The maximum Gasteiger partial charge on any atom is 0.338 e. The molecule has 0 bridgehead atoms. The summed E-state index contributed by atoms with van der Waals surface area (Å²) < 4.78 is 34.1. The summed E-state index contributed by atoms with van der Waals surface area (Å²) in [6.45, 7) is 1.21. The number of likely N-dealkylation sites (tertiary alicyclic amines) is 1. The number of rotatable bonds is 7. The monoisotopic (exact) mass is 571 g/mol. The Bertz CT molecular complexity index is 1390. The van der Waals surface area contributed by atoms with Crippen LogP contribution < -0.4 is 19.7 Å². The number of hydrogen-bond donors (Lipinski definition) is 3. The van der Waals surface area contributed by atoms with E-state index in [1.54, 1.807) is 4.90 Å². The molecule has 1 aromatic heterocycles. The number of urea groups is 2. The van der Waals surface area contributed by atoms with Crippen LogP contribution in [0.5, 0.6) is 11.6 Å². The molecular formula is C26H27F2N7O4S. The fourth-order valence-corrected chi connectivity index (χ4v) is 4.11. The maximum atomic E-state index is 14.8. The zero-order valence-electron chi connectivity index (χ0n) is 21.7. The first kappa shape index (κ1) is 28.7. The molecule has 2 N–H and O–H groups in total. The van der Waals surface area contributed by atoms with E-state index in [1.807, 2.05) is 14.1 Å². The number of hydrogen-bond acceptors (Lipinski definition) is 8. The number of likely N-dealkylation sites (N-methyl/N-ethyl adjacent to an activating group) is 1. The van der Waals surface area contributed by atoms with Crippen molar-refractivity contribution in [3.63, 3.8) is 0 Å². The number of amides is 5. The largest absolute Gasteiger partial charge is 0.436 e. The van der Waals surface area contributed by atoms with Gasteiger partial charge in [-0.25, -0.2) is 32.6 Å². The van der Waals surface area contributed by atoms with Gasteiger partial charge < -0.3 is 14.5 Å². The first-order chi connectivity index (χ1) is 19.1. The van der Waals surface area contributed by atoms with Gasteiger partial charge in [0.05, 0.1) is 12.1 Å². The standard InChI is InChI=1S/C26H27F2N7O4S/c1-33(2)19-9-10-34(14-19)25(37)31-22-13-24(30-15-29-22)39-21-8-7-18(12-20(21)28)35(40)26(38)32-23(36)11-16-3-5-17(27)6-4-16/h3-8,12-13,15,19,40H,9-11,14H2,1-2H3,(H,32,36,38)(H,29,30,31,37)/t19-/m0/s1. The molecule has 0 aliphatic carbocycles. The minimum absolute atomic E-state index is 0.0172. The van der Waals surface area contributed by atoms with Gasteiger partial charge in [-0.1, -0.05) is 24.9 Å². The van der Waals surface area contributed by atoms with Crippen molar-refractivity contribution in [1.29, 1.82) is 0 Å². The SMILES string of the molecule is CN(C)[C@H]1CCN(C(=O)Nc2cc(Oc3ccc(N(S)C(=O)NC(=O)Cc4ccc(F)cc4)cc3F)ncn2)C1. The van der Waals surface area contributed by atoms with Gasteiger partial charge in [-0.05, 0) is 50.3 Å². The summed E-state index contributed by atoms with van der Waals surface area (Å²) in [7, 11) is 3.93. The number of nitrogens with one attached hydrogen (secondary N) is 2. The molecule has 1 saturated heterocycles. The quantitative estimate of drug-likeness (QED) is 0.369. The average molecular weight is 572 g/mol. The number of benzene rings is 2. The highest BCUT2D eigenvalue weighted by atomic mass is 32.1. The van der Waals surface area contributed by atoms with E-state index < -0.39 is 23.6 Å². The molecule has 0 unspecified atom stereocenters. The molecule has 1 atom stereocenters. The lowest BCUT2D eigenvalue weighted by molar-refractivity contribution is -0.119. The molecule has 1 fully saturated rings. The van der Waals surface area contributed by atoms with Crippen molar-refractivity contribution in [2.45, 2.75) is 18.9 Å². The molecular weight excluding hydrogens is 544 g/mol. The summed E-state index contributed by atoms with van der Waals surface area (Å²) in [5.74, 6) is -1.97. The normalized spacial score (nSPS) is 14.7. The number of carbonyl (C=O) groups excluding carboxylic acids is 3. The van der Waals surface area contributed by atoms with Crippen molar-refractivity contribution in [2.24, 2.45) is 0 Å². The summed E-state index contributed by atoms with van der Waals surface area (Å²) in [4.78, 5) is 48.9. The average Bonchev–Trinajstić information content (AvgIpc) is 3.42. The van der Waals surface area contributed by atoms with Gasteiger partial charge in [0.1, 0.15) is 18.0 Å². The molecule has 1 aliphatic heterocycles. The van der Waals surface area contributed by atoms with Crippen LogP contribution >= 0.6 is 12.8 Å². The summed E-state index contributed by atoms with van der Waals surface area (Å²) in [5.41, 5.74) is 0.531. The van der Waals surface area contributed by atoms with Crippen LogP contribution in [0.15, 0.2) is 54.9 Å². The molecule has 14 heteroatoms. The second-order valence-corrected chi connectivity index (χ2v) is 9.61. The fourth-order valence-electron chi connectivity index (χ4n) is 3.94. The Balaban J connectivity index is 1.34. The number of nitrogens with zero attached hydrogens (tertiary/aromatic N) is 5. The van der Waals surface area contributed by atoms with Crippen LogP contribution in [0.3, 0.4) is 0 Å². The smallest absolute Gasteiger partial charge is 0.338 e. The Kier molecular flexibility index (Phi) is 9.11. The van der Waals surface area contributed by atoms with Crippen molar-refractivity contribution in [1.82, 2.24) is 25.1 Å². The van der Waals surface area contributed by atoms with Gasteiger partial charge in [0.2, 0.25) is 11.8 Å². The van der Waals surface area contributed by atoms with E-state index in [2.05, 4.69) is 38.3 Å². The van der Waals surface area contributed by atoms with Crippen LogP contribution in [0, 0.1) is 11.6 Å². The van der Waals surface area contributed by atoms with Gasteiger partial charge in [-0.2, -0.15) is 0 Å². The molecule has 2 aromatic carbocycles. The maximum absolute atomic E-state index is 14.8. The predicted octanol–water partition coefficient (Wildman–Crippen LogP) is 3.85. The summed E-state index contributed by atoms with van der Waals surface area (Å²) >= 11 is 4.05. The van der Waals surface area contributed by atoms with Crippen LogP contribution in [0.2, 0.25) is 0 Å². The number of carbonyl (C=O) groups is 3. The molecule has 0 spiro atoms. The highest BCUT2D eigenvalue weighted by molar-refractivity contribution is 7.82. The molecule has 2 heterocycles. The lowest BCUT2D eigenvalue weighted by atomic mass is 10.1. The third-order valence-electron chi connectivity index (χ3n) is 6.15. The molecule has 1 aliphatic rings. The van der Waals surface area contributed by atoms with Crippen LogP contribution in [0.4, 0.5) is 29.9 Å². The van der Waals surface area contributed by atoms with Gasteiger partial charge in [-0.15, -0.1) is 0 Å². The molecule has 11 nitrogen and oxygen atoms in total. The van der Waals surface area contributed by atoms with Crippen molar-refractivity contribution in [3.8, 4) is 11.6 Å². The van der Waals surface area contributed by atoms with E-state index in [0.717, 1.165) is 16.8 Å². The van der Waals surface area contributed by atoms with Crippen LogP contribution in [-0.2, 0) is 11.2 Å². The lowest BCUT2D eigenvalue weighted by Gasteiger charge is -2.20. The number of anilines is 2. The summed E-state index contributed by atoms with van der Waals surface area (Å²) in [5, 5.41) is 4.82. The van der Waals surface area contributed by atoms with Gasteiger partial charge in [-0.3, -0.25) is 15.4 Å². The van der Waals surface area contributed by atoms with E-state index >= 15 is 0 Å². The second-order valence-electron chi connectivity index (χ2n) is 9.21. The van der Waals surface area contributed by atoms with Crippen LogP contribution in [-0.4, -0.2) is 71.0 Å². The van der Waals surface area contributed by atoms with Crippen LogP contribution in [0.1, 0.15) is 12.0 Å². The number of aromatic nitrogens is 2. The van der Waals surface area contributed by atoms with Crippen molar-refractivity contribution in [3.05, 3.63) is 72.1 Å². The molecule has 4 rings (SSSR count). The Morgan fingerprint density at radius 3 is 2.52 bits per heavy atom. The molecule has 0 radical (unpaired) electrons. The number of thiol groups is 1. The van der Waals surface area contributed by atoms with Crippen molar-refractivity contribution < 1.29 is 27.9 Å². The third kappa shape index (κ3) is 7.42. The van der Waals surface area contributed by atoms with Gasteiger partial charge in [0.25, 0.3) is 0 Å². The number of halogens is 2.